The van der Waals surface area contributed by atoms with Gasteiger partial charge in [-0.1, -0.05) is 54.4 Å². The quantitative estimate of drug-likeness (QED) is 0.842. The lowest BCUT2D eigenvalue weighted by Gasteiger charge is -2.16. The highest BCUT2D eigenvalue weighted by atomic mass is 35.5. The zero-order valence-corrected chi connectivity index (χ0v) is 12.1. The smallest absolute Gasteiger partial charge is 0.164 e. The maximum Gasteiger partial charge on any atom is 0.164 e. The number of benzene rings is 2. The minimum Gasteiger partial charge on any atom is -0.454 e. The molecule has 2 aromatic carbocycles. The third-order valence-corrected chi connectivity index (χ3v) is 3.57. The minimum atomic E-state index is -0.122. The molecular weight excluding hydrogens is 281 g/mol. The van der Waals surface area contributed by atoms with Gasteiger partial charge in [0.2, 0.25) is 0 Å². The van der Waals surface area contributed by atoms with E-state index < -0.39 is 0 Å². The molecule has 0 amide bonds. The van der Waals surface area contributed by atoms with Gasteiger partial charge in [-0.2, -0.15) is 0 Å². The predicted molar refractivity (Wildman–Crippen MR) is 80.2 cm³/mol. The van der Waals surface area contributed by atoms with E-state index in [-0.39, 0.29) is 6.04 Å². The first-order valence-corrected chi connectivity index (χ1v) is 6.85. The molecule has 100 valence electrons. The Morgan fingerprint density at radius 3 is 2.42 bits per heavy atom. The van der Waals surface area contributed by atoms with E-state index in [1.165, 1.54) is 0 Å². The van der Waals surface area contributed by atoms with Crippen LogP contribution in [0.1, 0.15) is 24.9 Å². The normalized spacial score (nSPS) is 12.2. The minimum absolute atomic E-state index is 0.122. The molecule has 0 aliphatic rings. The molecule has 0 unspecified atom stereocenters. The van der Waals surface area contributed by atoms with Crippen molar-refractivity contribution in [3.8, 4) is 11.5 Å². The SMILES string of the molecule is CC[C@@H](N)c1ccc(Cl)c(Oc2ccccc2)c1Cl. The second-order valence-corrected chi connectivity index (χ2v) is 4.99. The van der Waals surface area contributed by atoms with Crippen LogP contribution >= 0.6 is 23.2 Å². The Morgan fingerprint density at radius 2 is 1.79 bits per heavy atom. The molecule has 0 radical (unpaired) electrons. The van der Waals surface area contributed by atoms with Gasteiger partial charge in [-0.05, 0) is 30.2 Å². The summed E-state index contributed by atoms with van der Waals surface area (Å²) in [6.07, 6.45) is 0.798. The molecule has 19 heavy (non-hydrogen) atoms. The summed E-state index contributed by atoms with van der Waals surface area (Å²) >= 11 is 12.5. The van der Waals surface area contributed by atoms with Crippen LogP contribution in [0.5, 0.6) is 11.5 Å². The molecule has 2 nitrogen and oxygen atoms in total. The Balaban J connectivity index is 2.39. The van der Waals surface area contributed by atoms with Crippen LogP contribution in [0.4, 0.5) is 0 Å². The summed E-state index contributed by atoms with van der Waals surface area (Å²) in [5, 5.41) is 0.951. The number of rotatable bonds is 4. The summed E-state index contributed by atoms with van der Waals surface area (Å²) in [6.45, 7) is 2.01. The average Bonchev–Trinajstić information content (AvgIpc) is 2.44. The first kappa shape index (κ1) is 14.2. The third-order valence-electron chi connectivity index (χ3n) is 2.88. The summed E-state index contributed by atoms with van der Waals surface area (Å²) in [5.41, 5.74) is 6.87. The third kappa shape index (κ3) is 3.21. The summed E-state index contributed by atoms with van der Waals surface area (Å²) in [7, 11) is 0. The summed E-state index contributed by atoms with van der Waals surface area (Å²) in [4.78, 5) is 0. The van der Waals surface area contributed by atoms with Gasteiger partial charge in [0.05, 0.1) is 10.0 Å². The van der Waals surface area contributed by atoms with Crippen molar-refractivity contribution in [1.29, 1.82) is 0 Å². The van der Waals surface area contributed by atoms with E-state index in [1.807, 2.05) is 43.3 Å². The number of para-hydroxylation sites is 1. The van der Waals surface area contributed by atoms with Crippen LogP contribution in [-0.2, 0) is 0 Å². The molecule has 0 aromatic heterocycles. The van der Waals surface area contributed by atoms with E-state index in [9.17, 15) is 0 Å². The van der Waals surface area contributed by atoms with Crippen molar-refractivity contribution in [3.05, 3.63) is 58.1 Å². The van der Waals surface area contributed by atoms with Crippen LogP contribution in [0.2, 0.25) is 10.0 Å². The maximum atomic E-state index is 6.35. The maximum absolute atomic E-state index is 6.35. The van der Waals surface area contributed by atoms with Gasteiger partial charge in [0, 0.05) is 6.04 Å². The predicted octanol–water partition coefficient (Wildman–Crippen LogP) is 5.20. The van der Waals surface area contributed by atoms with Crippen LogP contribution in [0, 0.1) is 0 Å². The monoisotopic (exact) mass is 295 g/mol. The second-order valence-electron chi connectivity index (χ2n) is 4.21. The Hall–Kier alpha value is -1.22. The number of nitrogens with two attached hydrogens (primary N) is 1. The Labute approximate surface area is 123 Å². The van der Waals surface area contributed by atoms with Gasteiger partial charge in [-0.3, -0.25) is 0 Å². The van der Waals surface area contributed by atoms with Crippen LogP contribution in [-0.4, -0.2) is 0 Å². The number of halogens is 2. The molecule has 0 saturated carbocycles. The lowest BCUT2D eigenvalue weighted by molar-refractivity contribution is 0.481. The molecule has 2 rings (SSSR count). The standard InChI is InChI=1S/C15H15Cl2NO/c1-2-13(18)11-8-9-12(16)15(14(11)17)19-10-6-4-3-5-7-10/h3-9,13H,2,18H2,1H3/t13-/m1/s1. The van der Waals surface area contributed by atoms with Gasteiger partial charge in [0.15, 0.2) is 5.75 Å². The number of hydrogen-bond acceptors (Lipinski definition) is 2. The first-order valence-electron chi connectivity index (χ1n) is 6.09. The zero-order valence-electron chi connectivity index (χ0n) is 10.6. The van der Waals surface area contributed by atoms with Crippen molar-refractivity contribution in [2.75, 3.05) is 0 Å². The molecule has 0 aliphatic heterocycles. The van der Waals surface area contributed by atoms with Crippen molar-refractivity contribution in [1.82, 2.24) is 0 Å². The molecule has 0 aliphatic carbocycles. The lowest BCUT2D eigenvalue weighted by atomic mass is 10.1. The average molecular weight is 296 g/mol. The van der Waals surface area contributed by atoms with Crippen molar-refractivity contribution >= 4 is 23.2 Å². The molecule has 4 heteroatoms. The molecule has 0 heterocycles. The van der Waals surface area contributed by atoms with Gasteiger partial charge >= 0.3 is 0 Å². The van der Waals surface area contributed by atoms with E-state index >= 15 is 0 Å². The zero-order chi connectivity index (χ0) is 13.8. The van der Waals surface area contributed by atoms with Crippen LogP contribution in [0.15, 0.2) is 42.5 Å². The fourth-order valence-corrected chi connectivity index (χ4v) is 2.34. The van der Waals surface area contributed by atoms with Crippen LogP contribution < -0.4 is 10.5 Å². The summed E-state index contributed by atoms with van der Waals surface area (Å²) in [5.74, 6) is 1.14. The van der Waals surface area contributed by atoms with Crippen molar-refractivity contribution in [2.45, 2.75) is 19.4 Å². The van der Waals surface area contributed by atoms with Gasteiger partial charge in [-0.25, -0.2) is 0 Å². The van der Waals surface area contributed by atoms with E-state index in [0.717, 1.165) is 12.0 Å². The van der Waals surface area contributed by atoms with Crippen molar-refractivity contribution in [2.24, 2.45) is 5.73 Å². The number of ether oxygens (including phenoxy) is 1. The van der Waals surface area contributed by atoms with E-state index in [4.69, 9.17) is 33.7 Å². The largest absolute Gasteiger partial charge is 0.454 e. The van der Waals surface area contributed by atoms with Crippen LogP contribution in [0.25, 0.3) is 0 Å². The molecule has 0 bridgehead atoms. The molecule has 1 atom stereocenters. The van der Waals surface area contributed by atoms with E-state index in [0.29, 0.717) is 21.5 Å². The first-order chi connectivity index (χ1) is 9.13. The van der Waals surface area contributed by atoms with Gasteiger partial charge < -0.3 is 10.5 Å². The summed E-state index contributed by atoms with van der Waals surface area (Å²) < 4.78 is 5.76. The van der Waals surface area contributed by atoms with Crippen LogP contribution in [0.3, 0.4) is 0 Å². The fraction of sp³-hybridized carbons (Fsp3) is 0.200. The van der Waals surface area contributed by atoms with E-state index in [1.54, 1.807) is 6.07 Å². The summed E-state index contributed by atoms with van der Waals surface area (Å²) in [6, 6.07) is 12.9. The molecule has 2 N–H and O–H groups in total. The van der Waals surface area contributed by atoms with Gasteiger partial charge in [-0.15, -0.1) is 0 Å². The highest BCUT2D eigenvalue weighted by molar-refractivity contribution is 6.37. The molecule has 0 spiro atoms. The topological polar surface area (TPSA) is 35.2 Å². The van der Waals surface area contributed by atoms with Crippen molar-refractivity contribution < 1.29 is 4.74 Å². The second kappa shape index (κ2) is 6.29. The Morgan fingerprint density at radius 1 is 1.11 bits per heavy atom. The fourth-order valence-electron chi connectivity index (χ4n) is 1.75. The molecular formula is C15H15Cl2NO. The Bertz CT molecular complexity index is 558. The number of hydrogen-bond donors (Lipinski definition) is 1. The molecule has 2 aromatic rings. The molecule has 0 fully saturated rings. The lowest BCUT2D eigenvalue weighted by Crippen LogP contribution is -2.09. The highest BCUT2D eigenvalue weighted by Crippen LogP contribution is 2.40. The van der Waals surface area contributed by atoms with Gasteiger partial charge in [0.25, 0.3) is 0 Å². The Kier molecular flexibility index (Phi) is 4.70. The van der Waals surface area contributed by atoms with E-state index in [2.05, 4.69) is 0 Å². The molecule has 0 saturated heterocycles. The van der Waals surface area contributed by atoms with Gasteiger partial charge in [0.1, 0.15) is 5.75 Å². The highest BCUT2D eigenvalue weighted by Gasteiger charge is 2.16. The van der Waals surface area contributed by atoms with Crippen molar-refractivity contribution in [3.63, 3.8) is 0 Å².